The van der Waals surface area contributed by atoms with Gasteiger partial charge in [0.15, 0.2) is 0 Å². The molecule has 1 fully saturated rings. The highest BCUT2D eigenvalue weighted by Crippen LogP contribution is 2.26. The van der Waals surface area contributed by atoms with Crippen molar-refractivity contribution in [3.8, 4) is 0 Å². The summed E-state index contributed by atoms with van der Waals surface area (Å²) < 4.78 is 27.4. The molecule has 0 radical (unpaired) electrons. The highest BCUT2D eigenvalue weighted by Gasteiger charge is 2.26. The van der Waals surface area contributed by atoms with E-state index < -0.39 is 10.0 Å². The molecule has 0 unspecified atom stereocenters. The van der Waals surface area contributed by atoms with E-state index in [0.717, 1.165) is 29.7 Å². The van der Waals surface area contributed by atoms with Gasteiger partial charge in [-0.05, 0) is 48.1 Å². The third-order valence-electron chi connectivity index (χ3n) is 5.50. The molecule has 2 heterocycles. The zero-order valence-corrected chi connectivity index (χ0v) is 19.4. The number of piperidine rings is 1. The van der Waals surface area contributed by atoms with Gasteiger partial charge < -0.3 is 5.32 Å². The Balaban J connectivity index is 1.42. The van der Waals surface area contributed by atoms with Crippen LogP contribution in [-0.4, -0.2) is 38.3 Å². The van der Waals surface area contributed by atoms with E-state index in [2.05, 4.69) is 10.6 Å². The second kappa shape index (κ2) is 10.4. The normalized spacial score (nSPS) is 15.9. The van der Waals surface area contributed by atoms with E-state index in [9.17, 15) is 13.2 Å². The quantitative estimate of drug-likeness (QED) is 0.517. The fourth-order valence-corrected chi connectivity index (χ4v) is 6.26. The number of sulfonamides is 1. The SMILES string of the molecule is O=C(CN[C@H](c1ccccc1)c1cccs1)Nc1cccc(S(=O)(=O)N2CCCCC2)c1. The van der Waals surface area contributed by atoms with E-state index in [1.54, 1.807) is 29.5 Å². The molecule has 0 spiro atoms. The predicted molar refractivity (Wildman–Crippen MR) is 128 cm³/mol. The summed E-state index contributed by atoms with van der Waals surface area (Å²) >= 11 is 1.63. The summed E-state index contributed by atoms with van der Waals surface area (Å²) in [4.78, 5) is 14.0. The van der Waals surface area contributed by atoms with E-state index >= 15 is 0 Å². The second-order valence-electron chi connectivity index (χ2n) is 7.78. The average Bonchev–Trinajstić information content (AvgIpc) is 3.35. The van der Waals surface area contributed by atoms with Gasteiger partial charge in [0.1, 0.15) is 0 Å². The van der Waals surface area contributed by atoms with Crippen LogP contribution in [-0.2, 0) is 14.8 Å². The Bertz CT molecular complexity index is 1130. The van der Waals surface area contributed by atoms with Crippen LogP contribution in [0.3, 0.4) is 0 Å². The van der Waals surface area contributed by atoms with Crippen molar-refractivity contribution in [1.82, 2.24) is 9.62 Å². The van der Waals surface area contributed by atoms with E-state index in [1.807, 2.05) is 47.8 Å². The fourth-order valence-electron chi connectivity index (χ4n) is 3.87. The monoisotopic (exact) mass is 469 g/mol. The minimum atomic E-state index is -3.54. The molecule has 8 heteroatoms. The van der Waals surface area contributed by atoms with E-state index in [-0.39, 0.29) is 23.4 Å². The smallest absolute Gasteiger partial charge is 0.243 e. The molecule has 1 aliphatic rings. The molecule has 6 nitrogen and oxygen atoms in total. The Hall–Kier alpha value is -2.52. The molecule has 1 amide bonds. The van der Waals surface area contributed by atoms with Crippen LogP contribution in [0.25, 0.3) is 0 Å². The second-order valence-corrected chi connectivity index (χ2v) is 10.7. The van der Waals surface area contributed by atoms with Crippen molar-refractivity contribution in [2.75, 3.05) is 25.0 Å². The highest BCUT2D eigenvalue weighted by atomic mass is 32.2. The van der Waals surface area contributed by atoms with Gasteiger partial charge in [-0.1, -0.05) is 48.9 Å². The lowest BCUT2D eigenvalue weighted by atomic mass is 10.1. The number of hydrogen-bond acceptors (Lipinski definition) is 5. The Morgan fingerprint density at radius 1 is 0.969 bits per heavy atom. The number of hydrogen-bond donors (Lipinski definition) is 2. The van der Waals surface area contributed by atoms with Crippen LogP contribution in [0, 0.1) is 0 Å². The number of benzene rings is 2. The zero-order chi connectivity index (χ0) is 22.4. The number of nitrogens with one attached hydrogen (secondary N) is 2. The number of rotatable bonds is 8. The lowest BCUT2D eigenvalue weighted by molar-refractivity contribution is -0.115. The van der Waals surface area contributed by atoms with Crippen molar-refractivity contribution in [2.24, 2.45) is 0 Å². The van der Waals surface area contributed by atoms with Gasteiger partial charge in [0, 0.05) is 23.7 Å². The summed E-state index contributed by atoms with van der Waals surface area (Å²) in [5.41, 5.74) is 1.56. The summed E-state index contributed by atoms with van der Waals surface area (Å²) in [5, 5.41) is 8.17. The molecule has 3 aromatic rings. The molecule has 32 heavy (non-hydrogen) atoms. The van der Waals surface area contributed by atoms with Crippen LogP contribution in [0.5, 0.6) is 0 Å². The van der Waals surface area contributed by atoms with Gasteiger partial charge >= 0.3 is 0 Å². The van der Waals surface area contributed by atoms with Crippen molar-refractivity contribution < 1.29 is 13.2 Å². The summed E-state index contributed by atoms with van der Waals surface area (Å²) in [6.45, 7) is 1.19. The van der Waals surface area contributed by atoms with E-state index in [4.69, 9.17) is 0 Å². The maximum absolute atomic E-state index is 12.9. The van der Waals surface area contributed by atoms with E-state index in [1.165, 1.54) is 10.4 Å². The summed E-state index contributed by atoms with van der Waals surface area (Å²) in [6.07, 6.45) is 2.83. The van der Waals surface area contributed by atoms with Crippen LogP contribution in [0.1, 0.15) is 35.7 Å². The summed E-state index contributed by atoms with van der Waals surface area (Å²) in [5.74, 6) is -0.227. The van der Waals surface area contributed by atoms with Crippen molar-refractivity contribution >= 4 is 33.0 Å². The van der Waals surface area contributed by atoms with Crippen molar-refractivity contribution in [2.45, 2.75) is 30.2 Å². The minimum absolute atomic E-state index is 0.0900. The molecule has 1 saturated heterocycles. The summed E-state index contributed by atoms with van der Waals surface area (Å²) in [7, 11) is -3.54. The molecule has 1 aromatic heterocycles. The van der Waals surface area contributed by atoms with Gasteiger partial charge in [0.2, 0.25) is 15.9 Å². The first-order chi connectivity index (χ1) is 15.5. The molecule has 0 saturated carbocycles. The van der Waals surface area contributed by atoms with Crippen LogP contribution in [0.4, 0.5) is 5.69 Å². The summed E-state index contributed by atoms with van der Waals surface area (Å²) in [6, 6.07) is 20.4. The fraction of sp³-hybridized carbons (Fsp3) is 0.292. The van der Waals surface area contributed by atoms with Gasteiger partial charge in [0.05, 0.1) is 17.5 Å². The zero-order valence-electron chi connectivity index (χ0n) is 17.7. The number of amides is 1. The number of carbonyl (C=O) groups is 1. The first-order valence-corrected chi connectivity index (χ1v) is 13.1. The van der Waals surface area contributed by atoms with Gasteiger partial charge in [-0.15, -0.1) is 11.3 Å². The Kier molecular flexibility index (Phi) is 7.36. The minimum Gasteiger partial charge on any atom is -0.325 e. The third kappa shape index (κ3) is 5.45. The maximum atomic E-state index is 12.9. The lowest BCUT2D eigenvalue weighted by Crippen LogP contribution is -2.35. The van der Waals surface area contributed by atoms with Crippen molar-refractivity contribution in [3.05, 3.63) is 82.6 Å². The third-order valence-corrected chi connectivity index (χ3v) is 8.33. The Morgan fingerprint density at radius 3 is 2.47 bits per heavy atom. The lowest BCUT2D eigenvalue weighted by Gasteiger charge is -2.26. The molecule has 4 rings (SSSR count). The van der Waals surface area contributed by atoms with Crippen LogP contribution in [0.15, 0.2) is 77.0 Å². The molecule has 1 atom stereocenters. The van der Waals surface area contributed by atoms with Crippen LogP contribution in [0.2, 0.25) is 0 Å². The number of carbonyl (C=O) groups excluding carboxylic acids is 1. The number of thiophene rings is 1. The number of anilines is 1. The van der Waals surface area contributed by atoms with Gasteiger partial charge in [0.25, 0.3) is 0 Å². The van der Waals surface area contributed by atoms with E-state index in [0.29, 0.717) is 18.8 Å². The van der Waals surface area contributed by atoms with Crippen molar-refractivity contribution in [3.63, 3.8) is 0 Å². The highest BCUT2D eigenvalue weighted by molar-refractivity contribution is 7.89. The molecule has 2 aromatic carbocycles. The van der Waals surface area contributed by atoms with Gasteiger partial charge in [-0.3, -0.25) is 10.1 Å². The first-order valence-electron chi connectivity index (χ1n) is 10.8. The van der Waals surface area contributed by atoms with Gasteiger partial charge in [-0.25, -0.2) is 8.42 Å². The number of nitrogens with zero attached hydrogens (tertiary/aromatic N) is 1. The predicted octanol–water partition coefficient (Wildman–Crippen LogP) is 4.24. The molecule has 1 aliphatic heterocycles. The maximum Gasteiger partial charge on any atom is 0.243 e. The molecular weight excluding hydrogens is 442 g/mol. The average molecular weight is 470 g/mol. The largest absolute Gasteiger partial charge is 0.325 e. The van der Waals surface area contributed by atoms with Crippen molar-refractivity contribution in [1.29, 1.82) is 0 Å². The standard InChI is InChI=1S/C24H27N3O3S2/c28-23(18-25-24(22-13-8-16-31-22)19-9-3-1-4-10-19)26-20-11-7-12-21(17-20)32(29,30)27-14-5-2-6-15-27/h1,3-4,7-13,16-17,24-25H,2,5-6,14-15,18H2,(H,26,28)/t24-/m1/s1. The van der Waals surface area contributed by atoms with Gasteiger partial charge in [-0.2, -0.15) is 4.31 Å². The molecule has 0 bridgehead atoms. The molecule has 2 N–H and O–H groups in total. The first kappa shape index (κ1) is 22.7. The topological polar surface area (TPSA) is 78.5 Å². The Morgan fingerprint density at radius 2 is 1.75 bits per heavy atom. The van der Waals surface area contributed by atoms with Crippen LogP contribution < -0.4 is 10.6 Å². The molecular formula is C24H27N3O3S2. The Labute approximate surface area is 193 Å². The molecule has 168 valence electrons. The molecule has 0 aliphatic carbocycles. The van der Waals surface area contributed by atoms with Crippen LogP contribution >= 0.6 is 11.3 Å².